The van der Waals surface area contributed by atoms with Gasteiger partial charge in [-0.1, -0.05) is 48.0 Å². The molecule has 1 saturated carbocycles. The number of nitrogens with one attached hydrogen (secondary N) is 1. The summed E-state index contributed by atoms with van der Waals surface area (Å²) in [6.07, 6.45) is 7.60. The van der Waals surface area contributed by atoms with E-state index < -0.39 is 20.5 Å². The Bertz CT molecular complexity index is 1880. The van der Waals surface area contributed by atoms with Gasteiger partial charge in [-0.2, -0.15) is 5.10 Å². The molecule has 42 heavy (non-hydrogen) atoms. The summed E-state index contributed by atoms with van der Waals surface area (Å²) < 4.78 is 29.7. The lowest BCUT2D eigenvalue weighted by Gasteiger charge is -2.36. The van der Waals surface area contributed by atoms with Crippen LogP contribution in [0.2, 0.25) is 5.02 Å². The van der Waals surface area contributed by atoms with Crippen molar-refractivity contribution in [2.45, 2.75) is 48.8 Å². The van der Waals surface area contributed by atoms with Crippen LogP contribution in [0.25, 0.3) is 22.2 Å². The lowest BCUT2D eigenvalue weighted by molar-refractivity contribution is -0.385. The van der Waals surface area contributed by atoms with E-state index in [0.29, 0.717) is 53.8 Å². The minimum Gasteiger partial charge on any atom is -0.388 e. The first-order valence-corrected chi connectivity index (χ1v) is 15.0. The summed E-state index contributed by atoms with van der Waals surface area (Å²) in [5.41, 5.74) is 0.266. The highest BCUT2D eigenvalue weighted by molar-refractivity contribution is 7.90. The number of hydrogen-bond donors (Lipinski definition) is 2. The molecular weight excluding hydrogens is 582 g/mol. The van der Waals surface area contributed by atoms with E-state index in [1.54, 1.807) is 42.5 Å². The number of rotatable bonds is 8. The number of benzene rings is 2. The van der Waals surface area contributed by atoms with Crippen LogP contribution in [0.3, 0.4) is 0 Å². The Balaban J connectivity index is 1.23. The average molecular weight is 608 g/mol. The maximum Gasteiger partial charge on any atom is 0.306 e. The molecule has 14 heteroatoms. The highest BCUT2D eigenvalue weighted by atomic mass is 35.5. The first-order chi connectivity index (χ1) is 20.1. The van der Waals surface area contributed by atoms with E-state index in [2.05, 4.69) is 20.4 Å². The fourth-order valence-electron chi connectivity index (χ4n) is 5.34. The zero-order valence-corrected chi connectivity index (χ0v) is 23.7. The van der Waals surface area contributed by atoms with E-state index in [0.717, 1.165) is 0 Å². The second-order valence-corrected chi connectivity index (χ2v) is 12.6. The first-order valence-electron chi connectivity index (χ1n) is 13.2. The monoisotopic (exact) mass is 607 g/mol. The predicted octanol–water partition coefficient (Wildman–Crippen LogP) is 4.88. The number of para-hydroxylation sites is 1. The van der Waals surface area contributed by atoms with Crippen LogP contribution in [0.5, 0.6) is 0 Å². The van der Waals surface area contributed by atoms with Gasteiger partial charge in [0.2, 0.25) is 5.95 Å². The van der Waals surface area contributed by atoms with Crippen molar-refractivity contribution in [3.63, 3.8) is 0 Å². The van der Waals surface area contributed by atoms with Crippen LogP contribution in [-0.2, 0) is 16.6 Å². The number of halogens is 1. The maximum atomic E-state index is 13.5. The Morgan fingerprint density at radius 2 is 1.79 bits per heavy atom. The quantitative estimate of drug-likeness (QED) is 0.185. The molecule has 0 radical (unpaired) electrons. The molecule has 0 atom stereocenters. The molecule has 3 heterocycles. The summed E-state index contributed by atoms with van der Waals surface area (Å²) >= 11 is 6.56. The van der Waals surface area contributed by atoms with Gasteiger partial charge in [-0.3, -0.25) is 14.8 Å². The summed E-state index contributed by atoms with van der Waals surface area (Å²) in [5.74, 6) is 0.329. The SMILES string of the molecule is O=[N+]([O-])c1cnn(CC2(O)CCC(Nc3ncc(Cl)c(-c4cn(S(=O)(=O)c5ccccc5)c5ccccc45)n3)CC2)c1. The summed E-state index contributed by atoms with van der Waals surface area (Å²) in [4.78, 5) is 19.6. The molecule has 2 N–H and O–H groups in total. The van der Waals surface area contributed by atoms with Gasteiger partial charge in [0, 0.05) is 23.2 Å². The summed E-state index contributed by atoms with van der Waals surface area (Å²) in [6, 6.07) is 15.3. The van der Waals surface area contributed by atoms with Crippen LogP contribution < -0.4 is 5.32 Å². The van der Waals surface area contributed by atoms with E-state index in [-0.39, 0.29) is 28.2 Å². The molecule has 0 spiro atoms. The number of aromatic nitrogens is 5. The van der Waals surface area contributed by atoms with Crippen molar-refractivity contribution in [3.05, 3.63) is 94.5 Å². The molecule has 1 fully saturated rings. The molecule has 12 nitrogen and oxygen atoms in total. The van der Waals surface area contributed by atoms with Gasteiger partial charge in [-0.15, -0.1) is 0 Å². The molecule has 2 aromatic carbocycles. The lowest BCUT2D eigenvalue weighted by Crippen LogP contribution is -2.41. The fraction of sp³-hybridized carbons (Fsp3) is 0.250. The van der Waals surface area contributed by atoms with E-state index in [1.165, 1.54) is 33.4 Å². The van der Waals surface area contributed by atoms with Crippen LogP contribution in [-0.4, -0.2) is 53.8 Å². The second-order valence-electron chi connectivity index (χ2n) is 10.4. The topological polar surface area (TPSA) is 158 Å². The van der Waals surface area contributed by atoms with Crippen molar-refractivity contribution in [3.8, 4) is 11.3 Å². The van der Waals surface area contributed by atoms with Gasteiger partial charge in [0.15, 0.2) is 0 Å². The van der Waals surface area contributed by atoms with Gasteiger partial charge in [0.25, 0.3) is 10.0 Å². The summed E-state index contributed by atoms with van der Waals surface area (Å²) in [6.45, 7) is 0.158. The standard InChI is InChI=1S/C28H26ClN7O5S/c29-24-15-30-27(32-19-10-12-28(37,13-11-19)18-34-16-20(14-31-34)36(38)39)33-26(24)23-17-35(25-9-5-4-8-22(23)25)42(40,41)21-6-2-1-3-7-21/h1-9,14-17,19,37H,10-13,18H2,(H,30,32,33). The van der Waals surface area contributed by atoms with Crippen molar-refractivity contribution in [1.82, 2.24) is 23.7 Å². The van der Waals surface area contributed by atoms with E-state index in [4.69, 9.17) is 11.6 Å². The summed E-state index contributed by atoms with van der Waals surface area (Å²) in [7, 11) is -3.88. The molecule has 1 aliphatic rings. The molecule has 216 valence electrons. The molecule has 1 aliphatic carbocycles. The third-order valence-electron chi connectivity index (χ3n) is 7.51. The summed E-state index contributed by atoms with van der Waals surface area (Å²) in [5, 5.41) is 30.3. The Morgan fingerprint density at radius 1 is 1.07 bits per heavy atom. The van der Waals surface area contributed by atoms with Crippen molar-refractivity contribution in [2.24, 2.45) is 0 Å². The molecule has 0 unspecified atom stereocenters. The van der Waals surface area contributed by atoms with Gasteiger partial charge in [-0.05, 0) is 43.9 Å². The zero-order valence-electron chi connectivity index (χ0n) is 22.2. The smallest absolute Gasteiger partial charge is 0.306 e. The average Bonchev–Trinajstić information content (AvgIpc) is 3.61. The Labute approximate surface area is 245 Å². The minimum absolute atomic E-state index is 0.0361. The van der Waals surface area contributed by atoms with Gasteiger partial charge in [0.1, 0.15) is 12.4 Å². The van der Waals surface area contributed by atoms with Crippen LogP contribution in [0.15, 0.2) is 84.3 Å². The van der Waals surface area contributed by atoms with Gasteiger partial charge < -0.3 is 10.4 Å². The normalized spacial score (nSPS) is 19.1. The largest absolute Gasteiger partial charge is 0.388 e. The molecule has 6 rings (SSSR count). The second kappa shape index (κ2) is 10.8. The van der Waals surface area contributed by atoms with Crippen LogP contribution in [0.4, 0.5) is 11.6 Å². The molecule has 0 saturated heterocycles. The van der Waals surface area contributed by atoms with E-state index in [9.17, 15) is 23.6 Å². The molecule has 3 aromatic heterocycles. The molecule has 0 bridgehead atoms. The van der Waals surface area contributed by atoms with Crippen LogP contribution in [0.1, 0.15) is 25.7 Å². The molecular formula is C28H26ClN7O5S. The number of nitrogens with zero attached hydrogens (tertiary/aromatic N) is 6. The highest BCUT2D eigenvalue weighted by Crippen LogP contribution is 2.36. The number of hydrogen-bond acceptors (Lipinski definition) is 9. The third kappa shape index (κ3) is 5.33. The van der Waals surface area contributed by atoms with Crippen molar-refractivity contribution in [1.29, 1.82) is 0 Å². The molecule has 0 aliphatic heterocycles. The van der Waals surface area contributed by atoms with Crippen LogP contribution in [0, 0.1) is 10.1 Å². The van der Waals surface area contributed by atoms with Gasteiger partial charge in [-0.25, -0.2) is 22.4 Å². The molecule has 5 aromatic rings. The number of fused-ring (bicyclic) bond motifs is 1. The Hall–Kier alpha value is -4.33. The maximum absolute atomic E-state index is 13.5. The third-order valence-corrected chi connectivity index (χ3v) is 9.48. The molecule has 0 amide bonds. The Morgan fingerprint density at radius 3 is 2.50 bits per heavy atom. The van der Waals surface area contributed by atoms with Crippen molar-refractivity contribution in [2.75, 3.05) is 5.32 Å². The van der Waals surface area contributed by atoms with Crippen molar-refractivity contribution >= 4 is 44.2 Å². The van der Waals surface area contributed by atoms with E-state index in [1.807, 2.05) is 12.1 Å². The van der Waals surface area contributed by atoms with Gasteiger partial charge in [0.05, 0.1) is 44.4 Å². The zero-order chi connectivity index (χ0) is 29.5. The van der Waals surface area contributed by atoms with E-state index >= 15 is 0 Å². The Kier molecular flexibility index (Phi) is 7.17. The first kappa shape index (κ1) is 27.8. The van der Waals surface area contributed by atoms with Crippen LogP contribution >= 0.6 is 11.6 Å². The minimum atomic E-state index is -3.88. The fourth-order valence-corrected chi connectivity index (χ4v) is 6.93. The number of nitro groups is 1. The number of anilines is 1. The predicted molar refractivity (Wildman–Crippen MR) is 157 cm³/mol. The van der Waals surface area contributed by atoms with Gasteiger partial charge >= 0.3 is 5.69 Å². The highest BCUT2D eigenvalue weighted by Gasteiger charge is 2.34. The lowest BCUT2D eigenvalue weighted by atomic mass is 9.82. The number of aliphatic hydroxyl groups is 1. The van der Waals surface area contributed by atoms with Crippen molar-refractivity contribution < 1.29 is 18.4 Å².